The molecule has 0 aliphatic heterocycles. The minimum Gasteiger partial charge on any atom is -0.396 e. The van der Waals surface area contributed by atoms with Crippen LogP contribution in [0.2, 0.25) is 0 Å². The van der Waals surface area contributed by atoms with Crippen LogP contribution in [0.25, 0.3) is 0 Å². The van der Waals surface area contributed by atoms with E-state index in [2.05, 4.69) is 0 Å². The fourth-order valence-electron chi connectivity index (χ4n) is 0.710. The van der Waals surface area contributed by atoms with E-state index in [1.807, 2.05) is 0 Å². The van der Waals surface area contributed by atoms with Crippen molar-refractivity contribution in [3.63, 3.8) is 0 Å². The van der Waals surface area contributed by atoms with E-state index in [1.165, 1.54) is 0 Å². The van der Waals surface area contributed by atoms with Crippen molar-refractivity contribution < 1.29 is 10.2 Å². The summed E-state index contributed by atoms with van der Waals surface area (Å²) in [5, 5.41) is 17.6. The molecule has 0 fully saturated rings. The maximum Gasteiger partial charge on any atom is 0.0839 e. The van der Waals surface area contributed by atoms with E-state index >= 15 is 0 Å². The van der Waals surface area contributed by atoms with Gasteiger partial charge in [-0.25, -0.2) is 0 Å². The molecule has 0 saturated heterocycles. The highest BCUT2D eigenvalue weighted by molar-refractivity contribution is 4.77. The number of hydrogen-bond acceptors (Lipinski definition) is 4. The zero-order chi connectivity index (χ0) is 8.15. The summed E-state index contributed by atoms with van der Waals surface area (Å²) in [6.45, 7) is 1.67. The van der Waals surface area contributed by atoms with Crippen LogP contribution in [0.4, 0.5) is 0 Å². The maximum absolute atomic E-state index is 9.16. The summed E-state index contributed by atoms with van der Waals surface area (Å²) in [5.74, 6) is 0. The van der Waals surface area contributed by atoms with Crippen LogP contribution in [0.1, 0.15) is 13.3 Å². The normalized spacial score (nSPS) is 20.1. The highest BCUT2D eigenvalue weighted by atomic mass is 16.3. The van der Waals surface area contributed by atoms with Gasteiger partial charge >= 0.3 is 0 Å². The van der Waals surface area contributed by atoms with Crippen LogP contribution >= 0.6 is 0 Å². The third-order valence-corrected chi connectivity index (χ3v) is 1.44. The molecule has 62 valence electrons. The Morgan fingerprint density at radius 3 is 2.20 bits per heavy atom. The van der Waals surface area contributed by atoms with Crippen molar-refractivity contribution in [2.45, 2.75) is 31.5 Å². The van der Waals surface area contributed by atoms with Crippen LogP contribution in [-0.4, -0.2) is 35.0 Å². The van der Waals surface area contributed by atoms with E-state index < -0.39 is 12.1 Å². The average molecular weight is 148 g/mol. The molecule has 0 aromatic carbocycles. The van der Waals surface area contributed by atoms with Gasteiger partial charge in [-0.2, -0.15) is 0 Å². The molecule has 0 rings (SSSR count). The molecule has 0 heterocycles. The van der Waals surface area contributed by atoms with E-state index in [0.717, 1.165) is 0 Å². The minimum atomic E-state index is -0.716. The molecule has 0 bridgehead atoms. The molecule has 0 aromatic rings. The van der Waals surface area contributed by atoms with Crippen LogP contribution in [0, 0.1) is 0 Å². The Morgan fingerprint density at radius 2 is 1.90 bits per heavy atom. The molecule has 0 aliphatic rings. The highest BCUT2D eigenvalue weighted by Crippen LogP contribution is 1.98. The predicted molar refractivity (Wildman–Crippen MR) is 39.3 cm³/mol. The fraction of sp³-hybridized carbons (Fsp3) is 1.00. The quantitative estimate of drug-likeness (QED) is 0.386. The summed E-state index contributed by atoms with van der Waals surface area (Å²) in [6, 6.07) is -0.744. The van der Waals surface area contributed by atoms with Gasteiger partial charge in [-0.15, -0.1) is 0 Å². The Labute approximate surface area is 60.8 Å². The second-order valence-electron chi connectivity index (χ2n) is 2.53. The maximum atomic E-state index is 9.16. The third kappa shape index (κ3) is 3.12. The second-order valence-corrected chi connectivity index (χ2v) is 2.53. The molecular weight excluding hydrogens is 132 g/mol. The second kappa shape index (κ2) is 4.62. The van der Waals surface area contributed by atoms with Crippen molar-refractivity contribution in [2.24, 2.45) is 11.5 Å². The number of nitrogens with two attached hydrogens (primary N) is 2. The molecule has 0 aromatic heterocycles. The van der Waals surface area contributed by atoms with Crippen molar-refractivity contribution in [3.05, 3.63) is 0 Å². The van der Waals surface area contributed by atoms with Crippen LogP contribution in [0.3, 0.4) is 0 Å². The van der Waals surface area contributed by atoms with Gasteiger partial charge in [-0.3, -0.25) is 0 Å². The Bertz CT molecular complexity index is 87.8. The SMILES string of the molecule is CC(N)C(O)C(N)CCO. The number of rotatable bonds is 4. The molecule has 0 saturated carbocycles. The molecule has 4 heteroatoms. The predicted octanol–water partition coefficient (Wildman–Crippen LogP) is -1.60. The Balaban J connectivity index is 3.58. The summed E-state index contributed by atoms with van der Waals surface area (Å²) in [5.41, 5.74) is 10.8. The van der Waals surface area contributed by atoms with E-state index in [0.29, 0.717) is 6.42 Å². The lowest BCUT2D eigenvalue weighted by atomic mass is 10.0. The smallest absolute Gasteiger partial charge is 0.0839 e. The fourth-order valence-corrected chi connectivity index (χ4v) is 0.710. The number of aliphatic hydroxyl groups excluding tert-OH is 2. The number of hydrogen-bond donors (Lipinski definition) is 4. The lowest BCUT2D eigenvalue weighted by Gasteiger charge is -2.20. The van der Waals surface area contributed by atoms with Gasteiger partial charge in [0.1, 0.15) is 0 Å². The third-order valence-electron chi connectivity index (χ3n) is 1.44. The zero-order valence-corrected chi connectivity index (χ0v) is 6.20. The van der Waals surface area contributed by atoms with E-state index in [9.17, 15) is 0 Å². The average Bonchev–Trinajstić information content (AvgIpc) is 1.87. The van der Waals surface area contributed by atoms with Crippen molar-refractivity contribution in [1.29, 1.82) is 0 Å². The van der Waals surface area contributed by atoms with Crippen molar-refractivity contribution in [3.8, 4) is 0 Å². The standard InChI is InChI=1S/C6H16N2O2/c1-4(7)6(10)5(8)2-3-9/h4-6,9-10H,2-3,7-8H2,1H3. The molecule has 6 N–H and O–H groups in total. The Morgan fingerprint density at radius 1 is 1.40 bits per heavy atom. The van der Waals surface area contributed by atoms with Gasteiger partial charge in [0.25, 0.3) is 0 Å². The number of aliphatic hydroxyl groups is 2. The molecule has 0 radical (unpaired) electrons. The molecule has 10 heavy (non-hydrogen) atoms. The zero-order valence-electron chi connectivity index (χ0n) is 6.20. The molecule has 0 aliphatic carbocycles. The lowest BCUT2D eigenvalue weighted by Crippen LogP contribution is -2.46. The summed E-state index contributed by atoms with van der Waals surface area (Å²) in [7, 11) is 0. The van der Waals surface area contributed by atoms with Crippen LogP contribution < -0.4 is 11.5 Å². The van der Waals surface area contributed by atoms with E-state index in [1.54, 1.807) is 6.92 Å². The first-order valence-corrected chi connectivity index (χ1v) is 3.39. The van der Waals surface area contributed by atoms with E-state index in [-0.39, 0.29) is 12.6 Å². The summed E-state index contributed by atoms with van der Waals surface area (Å²) >= 11 is 0. The van der Waals surface area contributed by atoms with Crippen LogP contribution in [0.5, 0.6) is 0 Å². The van der Waals surface area contributed by atoms with Gasteiger partial charge in [-0.05, 0) is 13.3 Å². The minimum absolute atomic E-state index is 0.00898. The Hall–Kier alpha value is -0.160. The monoisotopic (exact) mass is 148 g/mol. The van der Waals surface area contributed by atoms with Gasteiger partial charge in [-0.1, -0.05) is 0 Å². The molecule has 3 atom stereocenters. The first-order chi connectivity index (χ1) is 4.59. The van der Waals surface area contributed by atoms with Gasteiger partial charge in [0, 0.05) is 18.7 Å². The molecule has 3 unspecified atom stereocenters. The summed E-state index contributed by atoms with van der Waals surface area (Å²) in [4.78, 5) is 0. The van der Waals surface area contributed by atoms with Gasteiger partial charge in [0.2, 0.25) is 0 Å². The van der Waals surface area contributed by atoms with Crippen LogP contribution in [0.15, 0.2) is 0 Å². The Kier molecular flexibility index (Phi) is 4.55. The largest absolute Gasteiger partial charge is 0.396 e. The summed E-state index contributed by atoms with van der Waals surface area (Å²) < 4.78 is 0. The molecule has 0 spiro atoms. The molecule has 0 amide bonds. The van der Waals surface area contributed by atoms with Crippen molar-refractivity contribution >= 4 is 0 Å². The van der Waals surface area contributed by atoms with Gasteiger partial charge < -0.3 is 21.7 Å². The van der Waals surface area contributed by atoms with E-state index in [4.69, 9.17) is 21.7 Å². The van der Waals surface area contributed by atoms with Gasteiger partial charge in [0.15, 0.2) is 0 Å². The topological polar surface area (TPSA) is 92.5 Å². The van der Waals surface area contributed by atoms with Crippen molar-refractivity contribution in [1.82, 2.24) is 0 Å². The summed E-state index contributed by atoms with van der Waals surface area (Å²) in [6.07, 6.45) is -0.324. The molecule has 4 nitrogen and oxygen atoms in total. The molecular formula is C6H16N2O2. The lowest BCUT2D eigenvalue weighted by molar-refractivity contribution is 0.108. The first kappa shape index (κ1) is 9.84. The van der Waals surface area contributed by atoms with Crippen LogP contribution in [-0.2, 0) is 0 Å². The first-order valence-electron chi connectivity index (χ1n) is 3.39. The van der Waals surface area contributed by atoms with Gasteiger partial charge in [0.05, 0.1) is 6.10 Å². The highest BCUT2D eigenvalue weighted by Gasteiger charge is 2.17. The van der Waals surface area contributed by atoms with Crippen molar-refractivity contribution in [2.75, 3.05) is 6.61 Å².